The van der Waals surface area contributed by atoms with Crippen LogP contribution in [0.2, 0.25) is 0 Å². The van der Waals surface area contributed by atoms with Crippen LogP contribution in [0.5, 0.6) is 0 Å². The van der Waals surface area contributed by atoms with Gasteiger partial charge in [0.2, 0.25) is 5.91 Å². The van der Waals surface area contributed by atoms with Crippen molar-refractivity contribution in [1.29, 1.82) is 0 Å². The first-order chi connectivity index (χ1) is 18.9. The molecule has 1 N–H and O–H groups in total. The minimum absolute atomic E-state index is 0.329. The van der Waals surface area contributed by atoms with Crippen LogP contribution in [0.25, 0.3) is 16.3 Å². The van der Waals surface area contributed by atoms with Crippen LogP contribution in [0, 0.1) is 0 Å². The minimum atomic E-state index is -4.42. The molecule has 0 spiro atoms. The summed E-state index contributed by atoms with van der Waals surface area (Å²) >= 11 is 0. The number of hydrogen-bond donors (Lipinski definition) is 1. The third-order valence-corrected chi connectivity index (χ3v) is 6.53. The Hall–Kier alpha value is -4.43. The fourth-order valence-corrected chi connectivity index (χ4v) is 4.51. The number of nitrogens with zero attached hydrogens (tertiary/aromatic N) is 2. The number of rotatable bonds is 6. The second-order valence-corrected chi connectivity index (χ2v) is 9.05. The Balaban J connectivity index is 1.41. The number of carbonyl (C=O) groups is 1. The molecular formula is C31H26F3N3O2. The molecule has 1 aliphatic rings. The molecule has 0 bridgehead atoms. The number of benzene rings is 3. The molecule has 1 aromatic heterocycles. The second-order valence-electron chi connectivity index (χ2n) is 9.05. The number of pyridine rings is 1. The fourth-order valence-electron chi connectivity index (χ4n) is 4.51. The smallest absolute Gasteiger partial charge is 0.378 e. The van der Waals surface area contributed by atoms with Crippen molar-refractivity contribution in [2.75, 3.05) is 36.5 Å². The average molecular weight is 530 g/mol. The molecule has 5 nitrogen and oxygen atoms in total. The normalized spacial score (nSPS) is 14.6. The highest BCUT2D eigenvalue weighted by Crippen LogP contribution is 2.32. The van der Waals surface area contributed by atoms with Gasteiger partial charge in [0.05, 0.1) is 18.8 Å². The van der Waals surface area contributed by atoms with E-state index in [0.717, 1.165) is 47.2 Å². The predicted molar refractivity (Wildman–Crippen MR) is 148 cm³/mol. The molecule has 8 heteroatoms. The molecule has 2 heterocycles. The van der Waals surface area contributed by atoms with Gasteiger partial charge in [-0.25, -0.2) is 0 Å². The van der Waals surface area contributed by atoms with E-state index in [1.54, 1.807) is 24.5 Å². The van der Waals surface area contributed by atoms with Crippen molar-refractivity contribution in [3.05, 3.63) is 120 Å². The van der Waals surface area contributed by atoms with Crippen molar-refractivity contribution >= 4 is 33.6 Å². The lowest BCUT2D eigenvalue weighted by Gasteiger charge is -2.29. The van der Waals surface area contributed by atoms with E-state index >= 15 is 0 Å². The summed E-state index contributed by atoms with van der Waals surface area (Å²) in [5.74, 6) is -0.329. The van der Waals surface area contributed by atoms with Gasteiger partial charge in [0.25, 0.3) is 0 Å². The zero-order valence-corrected chi connectivity index (χ0v) is 21.0. The molecule has 1 fully saturated rings. The van der Waals surface area contributed by atoms with Gasteiger partial charge in [-0.15, -0.1) is 0 Å². The topological polar surface area (TPSA) is 54.5 Å². The molecule has 5 rings (SSSR count). The highest BCUT2D eigenvalue weighted by atomic mass is 19.4. The summed E-state index contributed by atoms with van der Waals surface area (Å²) in [6.45, 7) is 2.93. The zero-order valence-electron chi connectivity index (χ0n) is 21.0. The Kier molecular flexibility index (Phi) is 7.74. The van der Waals surface area contributed by atoms with Crippen LogP contribution in [0.3, 0.4) is 0 Å². The SMILES string of the molecule is O=C(/C=C/C=C(\c1ccc(N2CCOCC2)cc1)c1ccc(C(F)(F)F)cc1)Nc1cccc2cnccc12. The second kappa shape index (κ2) is 11.5. The number of halogens is 3. The lowest BCUT2D eigenvalue weighted by atomic mass is 9.96. The van der Waals surface area contributed by atoms with E-state index in [1.807, 2.05) is 48.5 Å². The number of amides is 1. The Morgan fingerprint density at radius 3 is 2.31 bits per heavy atom. The van der Waals surface area contributed by atoms with Gasteiger partial charge in [-0.2, -0.15) is 13.2 Å². The van der Waals surface area contributed by atoms with Crippen molar-refractivity contribution < 1.29 is 22.7 Å². The van der Waals surface area contributed by atoms with E-state index in [2.05, 4.69) is 15.2 Å². The zero-order chi connectivity index (χ0) is 27.2. The summed E-state index contributed by atoms with van der Waals surface area (Å²) in [6.07, 6.45) is 3.70. The monoisotopic (exact) mass is 529 g/mol. The summed E-state index contributed by atoms with van der Waals surface area (Å²) in [7, 11) is 0. The summed E-state index contributed by atoms with van der Waals surface area (Å²) in [4.78, 5) is 19.0. The summed E-state index contributed by atoms with van der Waals surface area (Å²) in [6, 6.07) is 20.3. The third-order valence-electron chi connectivity index (χ3n) is 6.53. The molecule has 0 saturated carbocycles. The van der Waals surface area contributed by atoms with E-state index in [0.29, 0.717) is 30.0 Å². The maximum absolute atomic E-state index is 13.1. The molecule has 0 aliphatic carbocycles. The van der Waals surface area contributed by atoms with E-state index in [4.69, 9.17) is 4.74 Å². The molecule has 198 valence electrons. The van der Waals surface area contributed by atoms with Gasteiger partial charge < -0.3 is 15.0 Å². The first-order valence-electron chi connectivity index (χ1n) is 12.5. The van der Waals surface area contributed by atoms with Gasteiger partial charge in [-0.1, -0.05) is 48.6 Å². The Labute approximate surface area is 224 Å². The average Bonchev–Trinajstić information content (AvgIpc) is 2.96. The van der Waals surface area contributed by atoms with Crippen LogP contribution in [0.15, 0.2) is 103 Å². The molecule has 1 aliphatic heterocycles. The Morgan fingerprint density at radius 2 is 1.62 bits per heavy atom. The van der Waals surface area contributed by atoms with Crippen molar-refractivity contribution in [2.24, 2.45) is 0 Å². The maximum Gasteiger partial charge on any atom is 0.416 e. The lowest BCUT2D eigenvalue weighted by Crippen LogP contribution is -2.36. The quantitative estimate of drug-likeness (QED) is 0.223. The van der Waals surface area contributed by atoms with Crippen molar-refractivity contribution in [3.8, 4) is 0 Å². The number of nitrogens with one attached hydrogen (secondary N) is 1. The van der Waals surface area contributed by atoms with Crippen molar-refractivity contribution in [2.45, 2.75) is 6.18 Å². The van der Waals surface area contributed by atoms with Crippen LogP contribution >= 0.6 is 0 Å². The number of morpholine rings is 1. The largest absolute Gasteiger partial charge is 0.416 e. The van der Waals surface area contributed by atoms with E-state index in [9.17, 15) is 18.0 Å². The molecule has 3 aromatic carbocycles. The molecule has 39 heavy (non-hydrogen) atoms. The molecular weight excluding hydrogens is 503 g/mol. The van der Waals surface area contributed by atoms with Gasteiger partial charge in [0.15, 0.2) is 0 Å². The first kappa shape index (κ1) is 26.2. The van der Waals surface area contributed by atoms with Crippen LogP contribution in [0.1, 0.15) is 16.7 Å². The first-order valence-corrected chi connectivity index (χ1v) is 12.5. The number of ether oxygens (including phenoxy) is 1. The Morgan fingerprint density at radius 1 is 0.923 bits per heavy atom. The number of hydrogen-bond acceptors (Lipinski definition) is 4. The molecule has 0 unspecified atom stereocenters. The number of alkyl halides is 3. The number of anilines is 2. The highest BCUT2D eigenvalue weighted by molar-refractivity contribution is 6.06. The maximum atomic E-state index is 13.1. The number of aromatic nitrogens is 1. The van der Waals surface area contributed by atoms with Crippen LogP contribution in [-0.4, -0.2) is 37.2 Å². The summed E-state index contributed by atoms with van der Waals surface area (Å²) in [5.41, 5.74) is 3.11. The van der Waals surface area contributed by atoms with Crippen LogP contribution in [-0.2, 0) is 15.7 Å². The van der Waals surface area contributed by atoms with Crippen LogP contribution in [0.4, 0.5) is 24.5 Å². The van der Waals surface area contributed by atoms with E-state index in [1.165, 1.54) is 18.2 Å². The minimum Gasteiger partial charge on any atom is -0.378 e. The molecule has 1 saturated heterocycles. The molecule has 4 aromatic rings. The van der Waals surface area contributed by atoms with Crippen molar-refractivity contribution in [1.82, 2.24) is 4.98 Å². The van der Waals surface area contributed by atoms with Gasteiger partial charge in [0.1, 0.15) is 0 Å². The van der Waals surface area contributed by atoms with E-state index in [-0.39, 0.29) is 5.91 Å². The number of carbonyl (C=O) groups excluding carboxylic acids is 1. The standard InChI is InChI=1S/C31H26F3N3O2/c32-31(33,34)25-11-7-22(8-12-25)27(23-9-13-26(14-10-23)37-17-19-39-20-18-37)4-2-6-30(38)36-29-5-1-3-24-21-35-16-15-28(24)29/h1-16,21H,17-20H2,(H,36,38)/b6-2+,27-4-. The van der Waals surface area contributed by atoms with Crippen molar-refractivity contribution in [3.63, 3.8) is 0 Å². The van der Waals surface area contributed by atoms with Crippen LogP contribution < -0.4 is 10.2 Å². The van der Waals surface area contributed by atoms with Gasteiger partial charge >= 0.3 is 6.18 Å². The lowest BCUT2D eigenvalue weighted by molar-refractivity contribution is -0.137. The molecule has 0 radical (unpaired) electrons. The van der Waals surface area contributed by atoms with Gasteiger partial charge in [-0.3, -0.25) is 9.78 Å². The summed E-state index contributed by atoms with van der Waals surface area (Å²) < 4.78 is 44.9. The molecule has 1 amide bonds. The number of allylic oxidation sites excluding steroid dienone is 2. The van der Waals surface area contributed by atoms with Gasteiger partial charge in [0, 0.05) is 53.7 Å². The Bertz CT molecular complexity index is 1500. The molecule has 0 atom stereocenters. The third kappa shape index (κ3) is 6.35. The van der Waals surface area contributed by atoms with E-state index < -0.39 is 11.7 Å². The summed E-state index contributed by atoms with van der Waals surface area (Å²) in [5, 5.41) is 4.66. The van der Waals surface area contributed by atoms with Gasteiger partial charge in [-0.05, 0) is 53.1 Å². The highest BCUT2D eigenvalue weighted by Gasteiger charge is 2.30. The predicted octanol–water partition coefficient (Wildman–Crippen LogP) is 6.72. The number of fused-ring (bicyclic) bond motifs is 1. The fraction of sp³-hybridized carbons (Fsp3) is 0.161.